The van der Waals surface area contributed by atoms with E-state index in [-0.39, 0.29) is 10.0 Å². The molecule has 40 heavy (non-hydrogen) atoms. The Kier molecular flexibility index (Phi) is 9.36. The van der Waals surface area contributed by atoms with Gasteiger partial charge < -0.3 is 14.8 Å². The molecular weight excluding hydrogens is 546 g/mol. The molecule has 0 saturated carbocycles. The first-order valence-electron chi connectivity index (χ1n) is 12.4. The molecule has 4 rings (SSSR count). The lowest BCUT2D eigenvalue weighted by molar-refractivity contribution is 0.0977. The molecule has 0 unspecified atom stereocenters. The number of benzene rings is 4. The third-order valence-corrected chi connectivity index (χ3v) is 7.40. The van der Waals surface area contributed by atoms with E-state index in [0.717, 1.165) is 16.9 Å². The van der Waals surface area contributed by atoms with Crippen molar-refractivity contribution in [1.29, 1.82) is 0 Å². The molecule has 1 amide bonds. The Morgan fingerprint density at radius 3 is 2.05 bits per heavy atom. The number of hydrogen-bond acceptors (Lipinski definition) is 6. The molecule has 4 aromatic rings. The number of ether oxygens (including phenoxy) is 2. The fourth-order valence-electron chi connectivity index (χ4n) is 3.79. The van der Waals surface area contributed by atoms with Gasteiger partial charge in [-0.25, -0.2) is 8.42 Å². The molecule has 0 spiro atoms. The third-order valence-electron chi connectivity index (χ3n) is 5.83. The number of rotatable bonds is 10. The summed E-state index contributed by atoms with van der Waals surface area (Å²) in [6.45, 7) is 4.36. The Bertz CT molecular complexity index is 1570. The Hall–Kier alpha value is -4.41. The van der Waals surface area contributed by atoms with Gasteiger partial charge in [-0.15, -0.1) is 0 Å². The molecule has 0 fully saturated rings. The molecule has 4 aromatic carbocycles. The summed E-state index contributed by atoms with van der Waals surface area (Å²) in [5.74, 6) is 0.862. The summed E-state index contributed by atoms with van der Waals surface area (Å²) in [7, 11) is -3.79. The maximum atomic E-state index is 12.9. The van der Waals surface area contributed by atoms with E-state index in [4.69, 9.17) is 21.7 Å². The van der Waals surface area contributed by atoms with Crippen LogP contribution < -0.4 is 24.8 Å². The molecular formula is C30H29N3O5S2. The Labute approximate surface area is 239 Å². The van der Waals surface area contributed by atoms with Gasteiger partial charge in [0.2, 0.25) is 0 Å². The predicted molar refractivity (Wildman–Crippen MR) is 161 cm³/mol. The van der Waals surface area contributed by atoms with Crippen molar-refractivity contribution < 1.29 is 22.7 Å². The quantitative estimate of drug-likeness (QED) is 0.165. The molecule has 3 N–H and O–H groups in total. The summed E-state index contributed by atoms with van der Waals surface area (Å²) < 4.78 is 39.7. The van der Waals surface area contributed by atoms with E-state index in [2.05, 4.69) is 15.4 Å². The minimum absolute atomic E-state index is 0.0665. The molecule has 0 bridgehead atoms. The van der Waals surface area contributed by atoms with Crippen LogP contribution in [-0.4, -0.2) is 32.7 Å². The van der Waals surface area contributed by atoms with Crippen LogP contribution in [0.4, 0.5) is 11.4 Å². The lowest BCUT2D eigenvalue weighted by Crippen LogP contribution is -2.34. The van der Waals surface area contributed by atoms with E-state index in [1.165, 1.54) is 12.1 Å². The van der Waals surface area contributed by atoms with Gasteiger partial charge in [-0.1, -0.05) is 42.5 Å². The van der Waals surface area contributed by atoms with Gasteiger partial charge in [0.1, 0.15) is 24.7 Å². The minimum Gasteiger partial charge on any atom is -0.490 e. The van der Waals surface area contributed by atoms with E-state index < -0.39 is 15.9 Å². The number of anilines is 2. The molecule has 0 aliphatic rings. The van der Waals surface area contributed by atoms with Crippen LogP contribution in [0.5, 0.6) is 11.5 Å². The van der Waals surface area contributed by atoms with Gasteiger partial charge in [-0.3, -0.25) is 14.8 Å². The summed E-state index contributed by atoms with van der Waals surface area (Å²) in [5, 5.41) is 5.59. The average molecular weight is 576 g/mol. The van der Waals surface area contributed by atoms with E-state index in [1.54, 1.807) is 36.4 Å². The van der Waals surface area contributed by atoms with E-state index in [9.17, 15) is 13.2 Å². The highest BCUT2D eigenvalue weighted by Gasteiger charge is 2.17. The van der Waals surface area contributed by atoms with Gasteiger partial charge in [0, 0.05) is 11.3 Å². The van der Waals surface area contributed by atoms with Crippen molar-refractivity contribution in [1.82, 2.24) is 5.32 Å². The molecule has 0 aliphatic heterocycles. The monoisotopic (exact) mass is 575 g/mol. The maximum absolute atomic E-state index is 12.9. The molecule has 0 aromatic heterocycles. The minimum atomic E-state index is -3.79. The van der Waals surface area contributed by atoms with Crippen LogP contribution in [0.15, 0.2) is 102 Å². The number of nitrogens with one attached hydrogen (secondary N) is 3. The predicted octanol–water partition coefficient (Wildman–Crippen LogP) is 5.69. The molecule has 0 saturated heterocycles. The number of aryl methyl sites for hydroxylation is 2. The molecule has 8 nitrogen and oxygen atoms in total. The molecule has 0 radical (unpaired) electrons. The Morgan fingerprint density at radius 2 is 1.38 bits per heavy atom. The van der Waals surface area contributed by atoms with Crippen LogP contribution in [0, 0.1) is 13.8 Å². The number of hydrogen-bond donors (Lipinski definition) is 3. The zero-order valence-electron chi connectivity index (χ0n) is 22.0. The molecule has 0 aliphatic carbocycles. The van der Waals surface area contributed by atoms with Crippen LogP contribution >= 0.6 is 12.2 Å². The average Bonchev–Trinajstić information content (AvgIpc) is 2.94. The first kappa shape index (κ1) is 28.6. The van der Waals surface area contributed by atoms with Crippen LogP contribution in [0.25, 0.3) is 0 Å². The highest BCUT2D eigenvalue weighted by atomic mass is 32.2. The number of carbonyl (C=O) groups is 1. The van der Waals surface area contributed by atoms with Crippen LogP contribution in [0.2, 0.25) is 0 Å². The van der Waals surface area contributed by atoms with Crippen molar-refractivity contribution in [2.45, 2.75) is 18.7 Å². The largest absolute Gasteiger partial charge is 0.490 e. The first-order valence-corrected chi connectivity index (χ1v) is 14.3. The fraction of sp³-hybridized carbons (Fsp3) is 0.133. The number of para-hydroxylation sites is 2. The van der Waals surface area contributed by atoms with Crippen molar-refractivity contribution in [3.8, 4) is 11.5 Å². The first-order chi connectivity index (χ1) is 19.2. The maximum Gasteiger partial charge on any atom is 0.261 e. The van der Waals surface area contributed by atoms with Crippen LogP contribution in [0.3, 0.4) is 0 Å². The summed E-state index contributed by atoms with van der Waals surface area (Å²) in [5.41, 5.74) is 3.11. The SMILES string of the molecule is Cc1cccc(C)c1NS(=O)(=O)c1ccc(NC(=S)NC(=O)c2cccc(OCCOc3ccccc3)c2)cc1. The van der Waals surface area contributed by atoms with Crippen molar-refractivity contribution in [2.75, 3.05) is 23.3 Å². The van der Waals surface area contributed by atoms with Gasteiger partial charge in [0.25, 0.3) is 15.9 Å². The zero-order chi connectivity index (χ0) is 28.5. The van der Waals surface area contributed by atoms with Gasteiger partial charge >= 0.3 is 0 Å². The molecule has 10 heteroatoms. The Balaban J connectivity index is 1.29. The summed E-state index contributed by atoms with van der Waals surface area (Å²) in [4.78, 5) is 12.8. The van der Waals surface area contributed by atoms with Gasteiger partial charge in [-0.2, -0.15) is 0 Å². The summed E-state index contributed by atoms with van der Waals surface area (Å²) in [6.07, 6.45) is 0. The number of amides is 1. The normalized spacial score (nSPS) is 10.8. The third kappa shape index (κ3) is 7.81. The zero-order valence-corrected chi connectivity index (χ0v) is 23.6. The highest BCUT2D eigenvalue weighted by molar-refractivity contribution is 7.92. The standard InChI is InChI=1S/C30H29N3O5S2/c1-21-8-6-9-22(2)28(21)33-40(35,36)27-16-14-24(15-17-27)31-30(39)32-29(34)23-10-7-13-26(20-23)38-19-18-37-25-11-4-3-5-12-25/h3-17,20,33H,18-19H2,1-2H3,(H2,31,32,34,39). The number of thiocarbonyl (C=S) groups is 1. The summed E-state index contributed by atoms with van der Waals surface area (Å²) in [6, 6.07) is 27.8. The molecule has 206 valence electrons. The van der Waals surface area contributed by atoms with Crippen molar-refractivity contribution in [3.05, 3.63) is 114 Å². The Morgan fingerprint density at radius 1 is 0.775 bits per heavy atom. The van der Waals surface area contributed by atoms with Gasteiger partial charge in [-0.05, 0) is 91.8 Å². The van der Waals surface area contributed by atoms with Crippen LogP contribution in [-0.2, 0) is 10.0 Å². The lowest BCUT2D eigenvalue weighted by Gasteiger charge is -2.14. The molecule has 0 heterocycles. The van der Waals surface area contributed by atoms with E-state index in [1.807, 2.05) is 62.4 Å². The van der Waals surface area contributed by atoms with Crippen molar-refractivity contribution in [2.24, 2.45) is 0 Å². The second-order valence-electron chi connectivity index (χ2n) is 8.84. The van der Waals surface area contributed by atoms with Crippen molar-refractivity contribution in [3.63, 3.8) is 0 Å². The second-order valence-corrected chi connectivity index (χ2v) is 10.9. The second kappa shape index (κ2) is 13.1. The highest BCUT2D eigenvalue weighted by Crippen LogP contribution is 2.24. The lowest BCUT2D eigenvalue weighted by atomic mass is 10.1. The van der Waals surface area contributed by atoms with E-state index in [0.29, 0.717) is 35.9 Å². The number of sulfonamides is 1. The number of carbonyl (C=O) groups excluding carboxylic acids is 1. The topological polar surface area (TPSA) is 106 Å². The van der Waals surface area contributed by atoms with Crippen molar-refractivity contribution >= 4 is 44.6 Å². The fourth-order valence-corrected chi connectivity index (χ4v) is 5.20. The smallest absolute Gasteiger partial charge is 0.261 e. The molecule has 0 atom stereocenters. The summed E-state index contributed by atoms with van der Waals surface area (Å²) >= 11 is 5.28. The van der Waals surface area contributed by atoms with Crippen LogP contribution in [0.1, 0.15) is 21.5 Å². The van der Waals surface area contributed by atoms with E-state index >= 15 is 0 Å². The van der Waals surface area contributed by atoms with Gasteiger partial charge in [0.15, 0.2) is 5.11 Å². The van der Waals surface area contributed by atoms with Gasteiger partial charge in [0.05, 0.1) is 10.6 Å².